The molecule has 0 saturated heterocycles. The van der Waals surface area contributed by atoms with Crippen molar-refractivity contribution in [3.63, 3.8) is 0 Å². The van der Waals surface area contributed by atoms with Crippen molar-refractivity contribution in [2.24, 2.45) is 0 Å². The minimum absolute atomic E-state index is 0.00344. The lowest BCUT2D eigenvalue weighted by Gasteiger charge is -2.44. The number of benzene rings is 6. The number of fused-ring (bicyclic) bond motifs is 6. The molecule has 4 aliphatic heterocycles. The SMILES string of the molecule is COc1cc2c(cc1OCCCOc1cc3c(cc1OC)C(=O)N1C=C(c4ccc5ccccc5c4)C[C@H]1[C@H](O[Si](C)(C)C(C)(C)C)N3C(=O)OCC(Cl)(Cl)Cl)N(C(=O)OCC(Cl)(Cl)Cl)[C@@H](O[Si](C)(C)C(C)(C)C)[C@@H]1CC(c3ccc4ccccc4c3)=CN1C2=O. The van der Waals surface area contributed by atoms with Gasteiger partial charge >= 0.3 is 12.2 Å². The van der Waals surface area contributed by atoms with E-state index in [0.29, 0.717) is 12.8 Å². The van der Waals surface area contributed by atoms with Crippen LogP contribution in [0.25, 0.3) is 32.7 Å². The van der Waals surface area contributed by atoms with Crippen molar-refractivity contribution in [1.82, 2.24) is 9.80 Å². The van der Waals surface area contributed by atoms with Crippen LogP contribution in [0.3, 0.4) is 0 Å². The molecule has 10 rings (SSSR count). The van der Waals surface area contributed by atoms with Gasteiger partial charge in [0.05, 0.1) is 62.0 Å². The molecular weight excluding hydrogens is 1320 g/mol. The van der Waals surface area contributed by atoms with Crippen LogP contribution in [0.4, 0.5) is 21.0 Å². The third-order valence-electron chi connectivity index (χ3n) is 17.9. The molecule has 0 bridgehead atoms. The van der Waals surface area contributed by atoms with E-state index in [1.165, 1.54) is 36.2 Å². The lowest BCUT2D eigenvalue weighted by atomic mass is 9.98. The summed E-state index contributed by atoms with van der Waals surface area (Å²) in [4.78, 5) is 66.4. The number of carbonyl (C=O) groups is 4. The van der Waals surface area contributed by atoms with Crippen LogP contribution in [0, 0.1) is 0 Å². The summed E-state index contributed by atoms with van der Waals surface area (Å²) in [6, 6.07) is 33.0. The average Bonchev–Trinajstić information content (AvgIpc) is 1.62. The molecule has 0 unspecified atom stereocenters. The molecule has 0 N–H and O–H groups in total. The van der Waals surface area contributed by atoms with Crippen LogP contribution >= 0.6 is 69.6 Å². The molecule has 16 nitrogen and oxygen atoms in total. The molecule has 0 aromatic heterocycles. The zero-order chi connectivity index (χ0) is 65.9. The Kier molecular flexibility index (Phi) is 19.5. The molecule has 4 heterocycles. The second-order valence-electron chi connectivity index (χ2n) is 26.1. The molecule has 0 spiro atoms. The van der Waals surface area contributed by atoms with Crippen molar-refractivity contribution < 1.29 is 56.5 Å². The van der Waals surface area contributed by atoms with Gasteiger partial charge in [-0.25, -0.2) is 19.4 Å². The summed E-state index contributed by atoms with van der Waals surface area (Å²) >= 11 is 37.3. The number of carbonyl (C=O) groups excluding carboxylic acids is 4. The summed E-state index contributed by atoms with van der Waals surface area (Å²) in [7, 11) is -2.73. The highest BCUT2D eigenvalue weighted by atomic mass is 35.6. The van der Waals surface area contributed by atoms with E-state index in [-0.39, 0.29) is 75.2 Å². The summed E-state index contributed by atoms with van der Waals surface area (Å²) in [5.41, 5.74) is 3.95. The minimum Gasteiger partial charge on any atom is -0.493 e. The van der Waals surface area contributed by atoms with Crippen molar-refractivity contribution >= 4 is 154 Å². The fourth-order valence-electron chi connectivity index (χ4n) is 11.1. The average molecular weight is 1400 g/mol. The molecule has 6 aromatic carbocycles. The van der Waals surface area contributed by atoms with E-state index in [9.17, 15) is 9.59 Å². The van der Waals surface area contributed by atoms with Crippen LogP contribution in [0.5, 0.6) is 23.0 Å². The van der Waals surface area contributed by atoms with Gasteiger partial charge < -0.3 is 47.1 Å². The maximum atomic E-state index is 15.3. The summed E-state index contributed by atoms with van der Waals surface area (Å²) in [6.07, 6.45) is 0.412. The third kappa shape index (κ3) is 14.4. The maximum Gasteiger partial charge on any atom is 0.416 e. The quantitative estimate of drug-likeness (QED) is 0.0514. The van der Waals surface area contributed by atoms with Crippen LogP contribution in [-0.2, 0) is 18.3 Å². The van der Waals surface area contributed by atoms with Gasteiger partial charge in [0.25, 0.3) is 11.8 Å². The second-order valence-corrected chi connectivity index (χ2v) is 40.7. The Morgan fingerprint density at radius 2 is 0.868 bits per heavy atom. The van der Waals surface area contributed by atoms with Gasteiger partial charge in [-0.1, -0.05) is 184 Å². The lowest BCUT2D eigenvalue weighted by Crippen LogP contribution is -2.58. The van der Waals surface area contributed by atoms with E-state index in [4.69, 9.17) is 107 Å². The Morgan fingerprint density at radius 1 is 0.505 bits per heavy atom. The van der Waals surface area contributed by atoms with E-state index in [1.54, 1.807) is 21.9 Å². The van der Waals surface area contributed by atoms with Gasteiger partial charge in [0.1, 0.15) is 13.2 Å². The van der Waals surface area contributed by atoms with E-state index in [1.807, 2.05) is 85.2 Å². The molecular formula is C67H74Cl6N4O12Si2. The number of amides is 4. The largest absolute Gasteiger partial charge is 0.493 e. The zero-order valence-corrected chi connectivity index (χ0v) is 59.3. The number of hydrogen-bond donors (Lipinski definition) is 0. The van der Waals surface area contributed by atoms with E-state index >= 15 is 9.59 Å². The summed E-state index contributed by atoms with van der Waals surface area (Å²) in [5, 5.41) is 3.47. The van der Waals surface area contributed by atoms with Gasteiger partial charge in [-0.15, -0.1) is 0 Å². The Morgan fingerprint density at radius 3 is 1.21 bits per heavy atom. The summed E-state index contributed by atoms with van der Waals surface area (Å²) in [5.74, 6) is -0.134. The predicted molar refractivity (Wildman–Crippen MR) is 367 cm³/mol. The Hall–Kier alpha value is -5.91. The first-order valence-corrected chi connectivity index (χ1v) is 37.9. The highest BCUT2D eigenvalue weighted by Crippen LogP contribution is 2.50. The number of alkyl halides is 6. The number of anilines is 2. The van der Waals surface area contributed by atoms with Crippen LogP contribution in [-0.4, -0.2) is 123 Å². The van der Waals surface area contributed by atoms with E-state index in [0.717, 1.165) is 43.8 Å². The molecule has 484 valence electrons. The van der Waals surface area contributed by atoms with Gasteiger partial charge in [-0.3, -0.25) is 9.59 Å². The first kappa shape index (κ1) is 68.0. The van der Waals surface area contributed by atoms with Gasteiger partial charge in [-0.05, 0) is 117 Å². The smallest absolute Gasteiger partial charge is 0.416 e. The maximum absolute atomic E-state index is 15.3. The Bertz CT molecular complexity index is 3630. The topological polar surface area (TPSA) is 155 Å². The molecule has 0 saturated carbocycles. The third-order valence-corrected chi connectivity index (χ3v) is 27.5. The number of rotatable bonds is 16. The standard InChI is InChI=1S/C67H74Cl6N4O12Si2/c1-64(2,3)90(9,10)88-60-52-30-46(44-24-22-40-18-13-15-20-42(40)28-44)36-74(52)58(78)48-32-54(82-7)56(34-50(48)76(60)62(80)86-38-66(68,69)70)84-26-17-27-85-57-35-51-49(33-55(57)83-8)59(79)75-37-47(45-25-23-41-19-14-16-21-43(41)29-45)31-53(75)61(89-91(11,12)65(4,5)6)77(51)63(81)87-39-67(71,72)73/h13-16,18-25,28-29,32-37,52-53,60-61H,17,26-27,30-31,38-39H2,1-12H3/t52-,53-,60-,61-/m0/s1. The first-order chi connectivity index (χ1) is 42.7. The highest BCUT2D eigenvalue weighted by molar-refractivity contribution is 6.74. The number of nitrogens with zero attached hydrogens (tertiary/aromatic N) is 4. The number of methoxy groups -OCH3 is 2. The molecule has 0 radical (unpaired) electrons. The molecule has 24 heteroatoms. The minimum atomic E-state index is -2.81. The summed E-state index contributed by atoms with van der Waals surface area (Å²) in [6.45, 7) is 19.6. The van der Waals surface area contributed by atoms with Gasteiger partial charge in [0, 0.05) is 31.0 Å². The Labute approximate surface area is 563 Å². The lowest BCUT2D eigenvalue weighted by molar-refractivity contribution is 0.0584. The monoisotopic (exact) mass is 1390 g/mol. The second kappa shape index (κ2) is 26.1. The predicted octanol–water partition coefficient (Wildman–Crippen LogP) is 17.7. The molecule has 0 fully saturated rings. The summed E-state index contributed by atoms with van der Waals surface area (Å²) < 4.78 is 47.1. The van der Waals surface area contributed by atoms with E-state index < -0.39 is 86.0 Å². The van der Waals surface area contributed by atoms with Crippen LogP contribution in [0.15, 0.2) is 122 Å². The van der Waals surface area contributed by atoms with Crippen molar-refractivity contribution in [3.8, 4) is 23.0 Å². The molecule has 4 atom stereocenters. The van der Waals surface area contributed by atoms with Gasteiger partial charge in [0.2, 0.25) is 7.59 Å². The number of hydrogen-bond acceptors (Lipinski definition) is 12. The van der Waals surface area contributed by atoms with Gasteiger partial charge in [0.15, 0.2) is 52.1 Å². The molecule has 4 amide bonds. The zero-order valence-electron chi connectivity index (χ0n) is 52.8. The molecule has 6 aromatic rings. The van der Waals surface area contributed by atoms with Crippen molar-refractivity contribution in [2.45, 2.75) is 129 Å². The molecule has 4 aliphatic rings. The fraction of sp³-hybridized carbons (Fsp3) is 0.403. The first-order valence-electron chi connectivity index (χ1n) is 29.8. The Balaban J connectivity index is 0.983. The van der Waals surface area contributed by atoms with Crippen molar-refractivity contribution in [2.75, 3.05) is 50.4 Å². The van der Waals surface area contributed by atoms with Gasteiger partial charge in [-0.2, -0.15) is 0 Å². The highest BCUT2D eigenvalue weighted by Gasteiger charge is 2.54. The normalized spacial score (nSPS) is 18.8. The molecule has 0 aliphatic carbocycles. The van der Waals surface area contributed by atoms with Crippen molar-refractivity contribution in [3.05, 3.63) is 144 Å². The number of halogens is 6. The van der Waals surface area contributed by atoms with Crippen LogP contribution < -0.4 is 28.7 Å². The van der Waals surface area contributed by atoms with E-state index in [2.05, 4.69) is 79.9 Å². The molecule has 91 heavy (non-hydrogen) atoms. The van der Waals surface area contributed by atoms with Crippen molar-refractivity contribution in [1.29, 1.82) is 0 Å². The van der Waals surface area contributed by atoms with Crippen LogP contribution in [0.2, 0.25) is 36.3 Å². The fourth-order valence-corrected chi connectivity index (χ4v) is 13.9. The number of ether oxygens (including phenoxy) is 6. The van der Waals surface area contributed by atoms with Crippen LogP contribution in [0.1, 0.15) is 92.6 Å².